The number of benzene rings is 2. The summed E-state index contributed by atoms with van der Waals surface area (Å²) in [7, 11) is 1.70. The Kier molecular flexibility index (Phi) is 3.33. The Bertz CT molecular complexity index is 746. The van der Waals surface area contributed by atoms with Gasteiger partial charge in [-0.2, -0.15) is 0 Å². The maximum atomic E-state index is 5.29. The summed E-state index contributed by atoms with van der Waals surface area (Å²) in [6.07, 6.45) is 0. The molecule has 0 aliphatic carbocycles. The van der Waals surface area contributed by atoms with E-state index in [1.54, 1.807) is 18.4 Å². The second-order valence-electron chi connectivity index (χ2n) is 4.42. The van der Waals surface area contributed by atoms with Crippen LogP contribution >= 0.6 is 27.3 Å². The van der Waals surface area contributed by atoms with E-state index in [0.29, 0.717) is 0 Å². The van der Waals surface area contributed by atoms with Gasteiger partial charge >= 0.3 is 0 Å². The van der Waals surface area contributed by atoms with Gasteiger partial charge in [-0.25, -0.2) is 0 Å². The Balaban J connectivity index is 2.25. The van der Waals surface area contributed by atoms with E-state index in [0.717, 1.165) is 5.75 Å². The third-order valence-electron chi connectivity index (χ3n) is 3.23. The Labute approximate surface area is 125 Å². The number of thiophene rings is 1. The normalized spacial score (nSPS) is 10.9. The number of halogens is 1. The number of hydrogen-bond acceptors (Lipinski definition) is 2. The van der Waals surface area contributed by atoms with Crippen molar-refractivity contribution in [3.63, 3.8) is 0 Å². The predicted molar refractivity (Wildman–Crippen MR) is 86.3 cm³/mol. The van der Waals surface area contributed by atoms with Gasteiger partial charge in [-0.05, 0) is 52.2 Å². The van der Waals surface area contributed by atoms with Gasteiger partial charge in [0.15, 0.2) is 0 Å². The molecule has 3 heteroatoms. The molecule has 1 aromatic heterocycles. The first-order chi connectivity index (χ1) is 9.20. The topological polar surface area (TPSA) is 9.23 Å². The van der Waals surface area contributed by atoms with Gasteiger partial charge in [-0.3, -0.25) is 0 Å². The lowest BCUT2D eigenvalue weighted by molar-refractivity contribution is 0.415. The summed E-state index contributed by atoms with van der Waals surface area (Å²) in [5.41, 5.74) is 2.58. The molecule has 1 heterocycles. The van der Waals surface area contributed by atoms with Crippen molar-refractivity contribution in [2.75, 3.05) is 7.11 Å². The van der Waals surface area contributed by atoms with Crippen LogP contribution in [0.15, 0.2) is 46.9 Å². The predicted octanol–water partition coefficient (Wildman–Crippen LogP) is 5.65. The minimum atomic E-state index is 0.901. The molecule has 19 heavy (non-hydrogen) atoms. The number of rotatable bonds is 2. The molecule has 2 aromatic carbocycles. The molecule has 0 unspecified atom stereocenters. The minimum Gasteiger partial charge on any atom is -0.497 e. The number of fused-ring (bicyclic) bond motifs is 1. The monoisotopic (exact) mass is 332 g/mol. The Morgan fingerprint density at radius 1 is 1.11 bits per heavy atom. The largest absolute Gasteiger partial charge is 0.497 e. The van der Waals surface area contributed by atoms with Crippen molar-refractivity contribution in [3.05, 3.63) is 52.5 Å². The summed E-state index contributed by atoms with van der Waals surface area (Å²) in [6.45, 7) is 2.15. The number of hydrogen-bond donors (Lipinski definition) is 0. The highest BCUT2D eigenvalue weighted by Crippen LogP contribution is 2.44. The van der Waals surface area contributed by atoms with Crippen molar-refractivity contribution in [1.29, 1.82) is 0 Å². The summed E-state index contributed by atoms with van der Waals surface area (Å²) < 4.78 is 7.70. The van der Waals surface area contributed by atoms with Crippen LogP contribution in [0.5, 0.6) is 5.75 Å². The molecular formula is C16H13BrOS. The highest BCUT2D eigenvalue weighted by Gasteiger charge is 2.13. The fourth-order valence-electron chi connectivity index (χ4n) is 2.17. The van der Waals surface area contributed by atoms with E-state index < -0.39 is 0 Å². The molecule has 96 valence electrons. The van der Waals surface area contributed by atoms with E-state index in [4.69, 9.17) is 4.74 Å². The van der Waals surface area contributed by atoms with Gasteiger partial charge in [0.1, 0.15) is 5.75 Å². The Morgan fingerprint density at radius 2 is 1.89 bits per heavy atom. The van der Waals surface area contributed by atoms with Gasteiger partial charge in [-0.1, -0.05) is 24.3 Å². The molecule has 0 radical (unpaired) electrons. The summed E-state index contributed by atoms with van der Waals surface area (Å²) in [5.74, 6) is 0.901. The van der Waals surface area contributed by atoms with Crippen LogP contribution in [0.2, 0.25) is 0 Å². The lowest BCUT2D eigenvalue weighted by Gasteiger charge is -2.02. The zero-order valence-electron chi connectivity index (χ0n) is 10.7. The number of aryl methyl sites for hydroxylation is 1. The SMILES string of the molecule is COc1ccc2c(Br)c(-c3ccccc3C)sc2c1. The van der Waals surface area contributed by atoms with Gasteiger partial charge in [0, 0.05) is 19.4 Å². The number of methoxy groups -OCH3 is 1. The lowest BCUT2D eigenvalue weighted by atomic mass is 10.1. The minimum absolute atomic E-state index is 0.901. The van der Waals surface area contributed by atoms with Crippen LogP contribution < -0.4 is 4.74 Å². The molecule has 0 amide bonds. The molecule has 0 saturated heterocycles. The quantitative estimate of drug-likeness (QED) is 0.589. The van der Waals surface area contributed by atoms with Crippen molar-refractivity contribution in [1.82, 2.24) is 0 Å². The van der Waals surface area contributed by atoms with Gasteiger partial charge < -0.3 is 4.74 Å². The highest BCUT2D eigenvalue weighted by molar-refractivity contribution is 9.10. The van der Waals surface area contributed by atoms with E-state index >= 15 is 0 Å². The van der Waals surface area contributed by atoms with E-state index in [9.17, 15) is 0 Å². The summed E-state index contributed by atoms with van der Waals surface area (Å²) in [5, 5.41) is 1.24. The zero-order chi connectivity index (χ0) is 13.4. The van der Waals surface area contributed by atoms with Crippen LogP contribution in [-0.4, -0.2) is 7.11 Å². The number of ether oxygens (including phenoxy) is 1. The van der Waals surface area contributed by atoms with Crippen LogP contribution in [0.3, 0.4) is 0 Å². The first-order valence-corrected chi connectivity index (χ1v) is 7.63. The smallest absolute Gasteiger partial charge is 0.120 e. The third kappa shape index (κ3) is 2.17. The van der Waals surface area contributed by atoms with Crippen LogP contribution in [-0.2, 0) is 0 Å². The Morgan fingerprint density at radius 3 is 2.63 bits per heavy atom. The summed E-state index contributed by atoms with van der Waals surface area (Å²) >= 11 is 5.53. The molecule has 3 aromatic rings. The van der Waals surface area contributed by atoms with Crippen molar-refractivity contribution in [2.45, 2.75) is 6.92 Å². The maximum Gasteiger partial charge on any atom is 0.120 e. The van der Waals surface area contributed by atoms with Crippen LogP contribution in [0.25, 0.3) is 20.5 Å². The molecule has 0 aliphatic heterocycles. The average molecular weight is 333 g/mol. The van der Waals surface area contributed by atoms with E-state index in [-0.39, 0.29) is 0 Å². The third-order valence-corrected chi connectivity index (χ3v) is 5.50. The average Bonchev–Trinajstić information content (AvgIpc) is 2.76. The van der Waals surface area contributed by atoms with Gasteiger partial charge in [-0.15, -0.1) is 11.3 Å². The first-order valence-electron chi connectivity index (χ1n) is 6.02. The highest BCUT2D eigenvalue weighted by atomic mass is 79.9. The molecule has 0 fully saturated rings. The maximum absolute atomic E-state index is 5.29. The second kappa shape index (κ2) is 4.99. The standard InChI is InChI=1S/C16H13BrOS/c1-10-5-3-4-6-12(10)16-15(17)13-8-7-11(18-2)9-14(13)19-16/h3-9H,1-2H3. The van der Waals surface area contributed by atoms with Gasteiger partial charge in [0.05, 0.1) is 7.11 Å². The Hall–Kier alpha value is -1.32. The van der Waals surface area contributed by atoms with Crippen LogP contribution in [0.4, 0.5) is 0 Å². The molecule has 0 N–H and O–H groups in total. The van der Waals surface area contributed by atoms with Crippen molar-refractivity contribution in [2.24, 2.45) is 0 Å². The molecular weight excluding hydrogens is 320 g/mol. The molecule has 3 rings (SSSR count). The molecule has 0 saturated carbocycles. The summed E-state index contributed by atoms with van der Waals surface area (Å²) in [6, 6.07) is 14.7. The second-order valence-corrected chi connectivity index (χ2v) is 6.27. The van der Waals surface area contributed by atoms with E-state index in [2.05, 4.69) is 59.3 Å². The molecule has 1 nitrogen and oxygen atoms in total. The van der Waals surface area contributed by atoms with Gasteiger partial charge in [0.2, 0.25) is 0 Å². The van der Waals surface area contributed by atoms with Crippen LogP contribution in [0.1, 0.15) is 5.56 Å². The molecule has 0 bridgehead atoms. The fraction of sp³-hybridized carbons (Fsp3) is 0.125. The van der Waals surface area contributed by atoms with Crippen molar-refractivity contribution < 1.29 is 4.74 Å². The van der Waals surface area contributed by atoms with Crippen molar-refractivity contribution >= 4 is 37.4 Å². The van der Waals surface area contributed by atoms with Crippen molar-refractivity contribution in [3.8, 4) is 16.2 Å². The lowest BCUT2D eigenvalue weighted by Crippen LogP contribution is -1.80. The van der Waals surface area contributed by atoms with E-state index in [1.807, 2.05) is 6.07 Å². The first kappa shape index (κ1) is 12.7. The summed E-state index contributed by atoms with van der Waals surface area (Å²) in [4.78, 5) is 1.28. The zero-order valence-corrected chi connectivity index (χ0v) is 13.1. The van der Waals surface area contributed by atoms with E-state index in [1.165, 1.54) is 30.6 Å². The molecule has 0 atom stereocenters. The van der Waals surface area contributed by atoms with Gasteiger partial charge in [0.25, 0.3) is 0 Å². The van der Waals surface area contributed by atoms with Crippen LogP contribution in [0, 0.1) is 6.92 Å². The molecule has 0 spiro atoms. The fourth-order valence-corrected chi connectivity index (χ4v) is 4.32. The molecule has 0 aliphatic rings.